The lowest BCUT2D eigenvalue weighted by Crippen LogP contribution is -2.39. The van der Waals surface area contributed by atoms with Crippen LogP contribution in [0.3, 0.4) is 0 Å². The number of carbonyl (C=O) groups excluding carboxylic acids is 1. The number of piperidine rings is 1. The molecule has 1 aromatic heterocycles. The molecule has 0 saturated carbocycles. The minimum atomic E-state index is 0.288. The number of aromatic amines is 1. The average molecular weight is 269 g/mol. The van der Waals surface area contributed by atoms with Gasteiger partial charge in [0.15, 0.2) is 0 Å². The second kappa shape index (κ2) is 5.90. The molecule has 4 nitrogen and oxygen atoms in total. The predicted molar refractivity (Wildman–Crippen MR) is 78.1 cm³/mol. The summed E-state index contributed by atoms with van der Waals surface area (Å²) in [4.78, 5) is 20.8. The minimum absolute atomic E-state index is 0.288. The summed E-state index contributed by atoms with van der Waals surface area (Å²) in [7, 11) is 0. The first kappa shape index (κ1) is 12.9. The molecule has 1 unspecified atom stereocenters. The number of amides is 1. The zero-order valence-corrected chi connectivity index (χ0v) is 11.5. The van der Waals surface area contributed by atoms with E-state index >= 15 is 0 Å². The summed E-state index contributed by atoms with van der Waals surface area (Å²) in [5, 5.41) is 0. The van der Waals surface area contributed by atoms with Gasteiger partial charge in [-0.3, -0.25) is 4.79 Å². The number of rotatable bonds is 4. The highest BCUT2D eigenvalue weighted by molar-refractivity contribution is 5.58. The molecule has 1 aromatic carbocycles. The molecule has 1 aliphatic heterocycles. The van der Waals surface area contributed by atoms with Crippen molar-refractivity contribution in [1.82, 2.24) is 14.9 Å². The van der Waals surface area contributed by atoms with Crippen LogP contribution in [-0.2, 0) is 11.2 Å². The SMILES string of the molecule is O=CN1CCCCC1Cc1ncc(-c2ccccc2)[nH]1. The van der Waals surface area contributed by atoms with Crippen LogP contribution in [0.5, 0.6) is 0 Å². The second-order valence-corrected chi connectivity index (χ2v) is 5.31. The molecule has 1 atom stereocenters. The zero-order chi connectivity index (χ0) is 13.8. The van der Waals surface area contributed by atoms with Crippen LogP contribution >= 0.6 is 0 Å². The van der Waals surface area contributed by atoms with E-state index in [-0.39, 0.29) is 6.04 Å². The van der Waals surface area contributed by atoms with Crippen molar-refractivity contribution >= 4 is 6.41 Å². The Morgan fingerprint density at radius 3 is 2.95 bits per heavy atom. The molecule has 1 aliphatic rings. The normalized spacial score (nSPS) is 19.0. The van der Waals surface area contributed by atoms with Crippen molar-refractivity contribution in [2.75, 3.05) is 6.54 Å². The second-order valence-electron chi connectivity index (χ2n) is 5.31. The van der Waals surface area contributed by atoms with Crippen molar-refractivity contribution in [2.45, 2.75) is 31.7 Å². The highest BCUT2D eigenvalue weighted by atomic mass is 16.1. The van der Waals surface area contributed by atoms with Gasteiger partial charge in [-0.25, -0.2) is 4.98 Å². The van der Waals surface area contributed by atoms with Crippen molar-refractivity contribution in [3.63, 3.8) is 0 Å². The number of aromatic nitrogens is 2. The third kappa shape index (κ3) is 2.74. The first-order valence-electron chi connectivity index (χ1n) is 7.17. The number of carbonyl (C=O) groups is 1. The number of hydrogen-bond donors (Lipinski definition) is 1. The van der Waals surface area contributed by atoms with E-state index in [1.807, 2.05) is 29.3 Å². The van der Waals surface area contributed by atoms with Crippen LogP contribution in [0.4, 0.5) is 0 Å². The third-order valence-electron chi connectivity index (χ3n) is 3.95. The summed E-state index contributed by atoms with van der Waals surface area (Å²) in [5.41, 5.74) is 2.18. The Morgan fingerprint density at radius 2 is 2.15 bits per heavy atom. The van der Waals surface area contributed by atoms with Crippen LogP contribution < -0.4 is 0 Å². The number of nitrogens with zero attached hydrogens (tertiary/aromatic N) is 2. The lowest BCUT2D eigenvalue weighted by atomic mass is 10.00. The lowest BCUT2D eigenvalue weighted by Gasteiger charge is -2.32. The van der Waals surface area contributed by atoms with Gasteiger partial charge in [0.05, 0.1) is 11.9 Å². The molecule has 20 heavy (non-hydrogen) atoms. The molecule has 3 rings (SSSR count). The molecule has 104 valence electrons. The third-order valence-corrected chi connectivity index (χ3v) is 3.95. The first-order valence-corrected chi connectivity index (χ1v) is 7.17. The highest BCUT2D eigenvalue weighted by Gasteiger charge is 2.22. The molecule has 2 heterocycles. The van der Waals surface area contributed by atoms with Crippen LogP contribution in [0.25, 0.3) is 11.3 Å². The van der Waals surface area contributed by atoms with Crippen LogP contribution in [0, 0.1) is 0 Å². The van der Waals surface area contributed by atoms with Crippen LogP contribution in [0.2, 0.25) is 0 Å². The fourth-order valence-electron chi connectivity index (χ4n) is 2.83. The van der Waals surface area contributed by atoms with Crippen molar-refractivity contribution in [1.29, 1.82) is 0 Å². The molecule has 1 saturated heterocycles. The monoisotopic (exact) mass is 269 g/mol. The summed E-state index contributed by atoms with van der Waals surface area (Å²) >= 11 is 0. The molecule has 1 N–H and O–H groups in total. The summed E-state index contributed by atoms with van der Waals surface area (Å²) < 4.78 is 0. The summed E-state index contributed by atoms with van der Waals surface area (Å²) in [6.07, 6.45) is 7.04. The first-order chi connectivity index (χ1) is 9.86. The predicted octanol–water partition coefficient (Wildman–Crippen LogP) is 2.63. The Balaban J connectivity index is 1.72. The van der Waals surface area contributed by atoms with Gasteiger partial charge >= 0.3 is 0 Å². The molecular weight excluding hydrogens is 250 g/mol. The van der Waals surface area contributed by atoms with E-state index in [1.165, 1.54) is 6.42 Å². The number of H-pyrrole nitrogens is 1. The Kier molecular flexibility index (Phi) is 3.81. The molecule has 1 amide bonds. The summed E-state index contributed by atoms with van der Waals surface area (Å²) in [6, 6.07) is 10.5. The Morgan fingerprint density at radius 1 is 1.30 bits per heavy atom. The van der Waals surface area contributed by atoms with Gasteiger partial charge in [0.2, 0.25) is 6.41 Å². The molecule has 0 radical (unpaired) electrons. The number of likely N-dealkylation sites (tertiary alicyclic amines) is 1. The van der Waals surface area contributed by atoms with Crippen molar-refractivity contribution in [3.8, 4) is 11.3 Å². The molecule has 4 heteroatoms. The number of imidazole rings is 1. The van der Waals surface area contributed by atoms with Gasteiger partial charge in [-0.2, -0.15) is 0 Å². The molecule has 0 bridgehead atoms. The summed E-state index contributed by atoms with van der Waals surface area (Å²) in [5.74, 6) is 0.961. The highest BCUT2D eigenvalue weighted by Crippen LogP contribution is 2.20. The molecule has 2 aromatic rings. The van der Waals surface area contributed by atoms with Crippen molar-refractivity contribution in [2.24, 2.45) is 0 Å². The average Bonchev–Trinajstić information content (AvgIpc) is 2.97. The summed E-state index contributed by atoms with van der Waals surface area (Å²) in [6.45, 7) is 0.875. The van der Waals surface area contributed by atoms with E-state index in [1.54, 1.807) is 0 Å². The smallest absolute Gasteiger partial charge is 0.209 e. The molecular formula is C16H19N3O. The standard InChI is InChI=1S/C16H19N3O/c20-12-19-9-5-4-8-14(19)10-16-17-11-15(18-16)13-6-2-1-3-7-13/h1-3,6-7,11-12,14H,4-5,8-10H2,(H,17,18). The molecule has 0 spiro atoms. The minimum Gasteiger partial charge on any atom is -0.342 e. The maximum Gasteiger partial charge on any atom is 0.209 e. The van der Waals surface area contributed by atoms with Crippen molar-refractivity contribution < 1.29 is 4.79 Å². The maximum atomic E-state index is 11.1. The fraction of sp³-hybridized carbons (Fsp3) is 0.375. The maximum absolute atomic E-state index is 11.1. The lowest BCUT2D eigenvalue weighted by molar-refractivity contribution is -0.121. The Bertz CT molecular complexity index is 564. The van der Waals surface area contributed by atoms with E-state index in [9.17, 15) is 4.79 Å². The van der Waals surface area contributed by atoms with Gasteiger partial charge in [-0.05, 0) is 24.8 Å². The number of benzene rings is 1. The molecule has 1 fully saturated rings. The fourth-order valence-corrected chi connectivity index (χ4v) is 2.83. The zero-order valence-electron chi connectivity index (χ0n) is 11.5. The number of nitrogens with one attached hydrogen (secondary N) is 1. The van der Waals surface area contributed by atoms with E-state index in [2.05, 4.69) is 22.1 Å². The van der Waals surface area contributed by atoms with Gasteiger partial charge in [0.25, 0.3) is 0 Å². The largest absolute Gasteiger partial charge is 0.342 e. The van der Waals surface area contributed by atoms with Gasteiger partial charge in [0.1, 0.15) is 5.82 Å². The van der Waals surface area contributed by atoms with E-state index < -0.39 is 0 Å². The van der Waals surface area contributed by atoms with Gasteiger partial charge in [-0.1, -0.05) is 30.3 Å². The molecule has 0 aliphatic carbocycles. The van der Waals surface area contributed by atoms with E-state index in [4.69, 9.17) is 0 Å². The van der Waals surface area contributed by atoms with Crippen LogP contribution in [-0.4, -0.2) is 33.9 Å². The Hall–Kier alpha value is -2.10. The van der Waals surface area contributed by atoms with Crippen LogP contribution in [0.1, 0.15) is 25.1 Å². The van der Waals surface area contributed by atoms with E-state index in [0.29, 0.717) is 0 Å². The van der Waals surface area contributed by atoms with E-state index in [0.717, 1.165) is 49.3 Å². The van der Waals surface area contributed by atoms with Gasteiger partial charge < -0.3 is 9.88 Å². The Labute approximate surface area is 118 Å². The van der Waals surface area contributed by atoms with Crippen molar-refractivity contribution in [3.05, 3.63) is 42.4 Å². The topological polar surface area (TPSA) is 49.0 Å². The van der Waals surface area contributed by atoms with Crippen LogP contribution in [0.15, 0.2) is 36.5 Å². The van der Waals surface area contributed by atoms with Gasteiger partial charge in [0, 0.05) is 19.0 Å². The quantitative estimate of drug-likeness (QED) is 0.867. The number of hydrogen-bond acceptors (Lipinski definition) is 2. The van der Waals surface area contributed by atoms with Gasteiger partial charge in [-0.15, -0.1) is 0 Å².